The number of rotatable bonds is 6. The van der Waals surface area contributed by atoms with E-state index in [1.807, 2.05) is 19.1 Å². The summed E-state index contributed by atoms with van der Waals surface area (Å²) in [4.78, 5) is 36.0. The fraction of sp³-hybridized carbons (Fsp3) is 0.150. The lowest BCUT2D eigenvalue weighted by Gasteiger charge is -2.13. The molecule has 0 saturated heterocycles. The summed E-state index contributed by atoms with van der Waals surface area (Å²) in [6, 6.07) is 13.9. The average molecular weight is 368 g/mol. The Hall–Kier alpha value is -3.61. The van der Waals surface area contributed by atoms with Gasteiger partial charge in [0.1, 0.15) is 5.70 Å². The third kappa shape index (κ3) is 5.43. The zero-order valence-electron chi connectivity index (χ0n) is 15.2. The minimum atomic E-state index is -0.769. The van der Waals surface area contributed by atoms with Crippen LogP contribution in [0, 0.1) is 6.92 Å². The highest BCUT2D eigenvalue weighted by Gasteiger charge is 2.17. The van der Waals surface area contributed by atoms with Crippen LogP contribution in [-0.4, -0.2) is 32.1 Å². The average Bonchev–Trinajstić information content (AvgIpc) is 2.68. The molecule has 0 bridgehead atoms. The van der Waals surface area contributed by atoms with Crippen molar-refractivity contribution in [1.82, 2.24) is 0 Å². The maximum absolute atomic E-state index is 12.6. The molecule has 0 saturated carbocycles. The van der Waals surface area contributed by atoms with E-state index in [4.69, 9.17) is 0 Å². The zero-order chi connectivity index (χ0) is 19.8. The lowest BCUT2D eigenvalue weighted by molar-refractivity contribution is -0.138. The molecular formula is C20H20N2O5. The lowest BCUT2D eigenvalue weighted by atomic mass is 10.1. The van der Waals surface area contributed by atoms with E-state index in [0.717, 1.165) is 11.6 Å². The summed E-state index contributed by atoms with van der Waals surface area (Å²) in [6.07, 6.45) is 0.959. The molecule has 0 radical (unpaired) electrons. The van der Waals surface area contributed by atoms with Crippen LogP contribution >= 0.6 is 0 Å². The second kappa shape index (κ2) is 9.19. The van der Waals surface area contributed by atoms with Gasteiger partial charge in [0.15, 0.2) is 0 Å². The zero-order valence-corrected chi connectivity index (χ0v) is 15.2. The Balaban J connectivity index is 2.29. The fourth-order valence-electron chi connectivity index (χ4n) is 2.20. The topological polar surface area (TPSA) is 93.7 Å². The third-order valence-corrected chi connectivity index (χ3v) is 3.62. The van der Waals surface area contributed by atoms with Crippen LogP contribution in [0.25, 0.3) is 0 Å². The molecule has 0 aromatic heterocycles. The molecule has 0 fully saturated rings. The van der Waals surface area contributed by atoms with Crippen LogP contribution < -0.4 is 10.6 Å². The van der Waals surface area contributed by atoms with Gasteiger partial charge >= 0.3 is 11.9 Å². The van der Waals surface area contributed by atoms with Crippen LogP contribution in [0.4, 0.5) is 11.4 Å². The van der Waals surface area contributed by atoms with Crippen molar-refractivity contribution < 1.29 is 23.9 Å². The summed E-state index contributed by atoms with van der Waals surface area (Å²) in [6.45, 7) is 1.95. The molecule has 0 aliphatic carbocycles. The second-order valence-electron chi connectivity index (χ2n) is 5.56. The first kappa shape index (κ1) is 19.7. The summed E-state index contributed by atoms with van der Waals surface area (Å²) >= 11 is 0. The number of carbonyl (C=O) groups is 3. The third-order valence-electron chi connectivity index (χ3n) is 3.62. The summed E-state index contributed by atoms with van der Waals surface area (Å²) in [5.74, 6) is -1.87. The fourth-order valence-corrected chi connectivity index (χ4v) is 2.20. The van der Waals surface area contributed by atoms with Crippen LogP contribution in [0.1, 0.15) is 15.9 Å². The Labute approximate surface area is 157 Å². The molecule has 0 spiro atoms. The van der Waals surface area contributed by atoms with Crippen molar-refractivity contribution in [1.29, 1.82) is 0 Å². The van der Waals surface area contributed by atoms with Gasteiger partial charge in [0.2, 0.25) is 0 Å². The van der Waals surface area contributed by atoms with E-state index in [2.05, 4.69) is 20.1 Å². The quantitative estimate of drug-likeness (QED) is 0.601. The molecule has 27 heavy (non-hydrogen) atoms. The van der Waals surface area contributed by atoms with Crippen molar-refractivity contribution >= 4 is 29.2 Å². The highest BCUT2D eigenvalue weighted by atomic mass is 16.5. The maximum Gasteiger partial charge on any atom is 0.354 e. The van der Waals surface area contributed by atoms with Crippen molar-refractivity contribution in [2.24, 2.45) is 0 Å². The number of benzene rings is 2. The molecule has 0 unspecified atom stereocenters. The number of anilines is 2. The van der Waals surface area contributed by atoms with Gasteiger partial charge in [-0.3, -0.25) is 4.79 Å². The predicted molar refractivity (Wildman–Crippen MR) is 101 cm³/mol. The normalized spacial score (nSPS) is 10.7. The van der Waals surface area contributed by atoms with Crippen LogP contribution in [0.5, 0.6) is 0 Å². The monoisotopic (exact) mass is 368 g/mol. The van der Waals surface area contributed by atoms with E-state index in [1.54, 1.807) is 36.4 Å². The molecule has 2 aromatic carbocycles. The Morgan fingerprint density at radius 3 is 2.19 bits per heavy atom. The van der Waals surface area contributed by atoms with Gasteiger partial charge in [0, 0.05) is 5.69 Å². The Bertz CT molecular complexity index is 872. The molecule has 2 aromatic rings. The van der Waals surface area contributed by atoms with Gasteiger partial charge in [-0.1, -0.05) is 29.8 Å². The van der Waals surface area contributed by atoms with Gasteiger partial charge in [0.05, 0.1) is 31.5 Å². The van der Waals surface area contributed by atoms with Crippen molar-refractivity contribution in [2.75, 3.05) is 24.9 Å². The molecule has 0 atom stereocenters. The summed E-state index contributed by atoms with van der Waals surface area (Å²) in [5.41, 5.74) is 2.18. The number of carbonyl (C=O) groups excluding carboxylic acids is 3. The molecule has 2 rings (SSSR count). The lowest BCUT2D eigenvalue weighted by Crippen LogP contribution is -2.19. The summed E-state index contributed by atoms with van der Waals surface area (Å²) in [7, 11) is 2.38. The van der Waals surface area contributed by atoms with Gasteiger partial charge < -0.3 is 20.1 Å². The largest absolute Gasteiger partial charge is 0.466 e. The number of ether oxygens (including phenoxy) is 2. The van der Waals surface area contributed by atoms with Gasteiger partial charge in [-0.25, -0.2) is 9.59 Å². The molecular weight excluding hydrogens is 348 g/mol. The SMILES string of the molecule is COC(=O)/C=C(/Nc1ccccc1C(=O)Nc1ccc(C)cc1)C(=O)OC. The summed E-state index contributed by atoms with van der Waals surface area (Å²) in [5, 5.41) is 5.55. The van der Waals surface area contributed by atoms with E-state index in [-0.39, 0.29) is 17.2 Å². The molecule has 2 N–H and O–H groups in total. The number of nitrogens with one attached hydrogen (secondary N) is 2. The molecule has 140 valence electrons. The number of amides is 1. The number of hydrogen-bond donors (Lipinski definition) is 2. The van der Waals surface area contributed by atoms with Crippen molar-refractivity contribution in [3.8, 4) is 0 Å². The van der Waals surface area contributed by atoms with Crippen molar-refractivity contribution in [3.05, 3.63) is 71.4 Å². The molecule has 7 nitrogen and oxygen atoms in total. The molecule has 7 heteroatoms. The number of methoxy groups -OCH3 is 2. The van der Waals surface area contributed by atoms with Gasteiger partial charge in [0.25, 0.3) is 5.91 Å². The highest BCUT2D eigenvalue weighted by molar-refractivity contribution is 6.09. The predicted octanol–water partition coefficient (Wildman–Crippen LogP) is 2.89. The Morgan fingerprint density at radius 2 is 1.56 bits per heavy atom. The first-order valence-corrected chi connectivity index (χ1v) is 8.06. The first-order chi connectivity index (χ1) is 12.9. The molecule has 0 aliphatic heterocycles. The standard InChI is InChI=1S/C20H20N2O5/c1-13-8-10-14(11-9-13)21-19(24)15-6-4-5-7-16(15)22-17(20(25)27-3)12-18(23)26-2/h4-12,22H,1-3H3,(H,21,24)/b17-12+. The number of esters is 2. The van der Waals surface area contributed by atoms with E-state index in [1.165, 1.54) is 14.2 Å². The molecule has 0 aliphatic rings. The minimum Gasteiger partial charge on any atom is -0.466 e. The van der Waals surface area contributed by atoms with Crippen LogP contribution in [0.2, 0.25) is 0 Å². The smallest absolute Gasteiger partial charge is 0.354 e. The molecule has 0 heterocycles. The van der Waals surface area contributed by atoms with Gasteiger partial charge in [-0.2, -0.15) is 0 Å². The minimum absolute atomic E-state index is 0.153. The van der Waals surface area contributed by atoms with Crippen LogP contribution in [0.15, 0.2) is 60.3 Å². The highest BCUT2D eigenvalue weighted by Crippen LogP contribution is 2.20. The maximum atomic E-state index is 12.6. The van der Waals surface area contributed by atoms with Gasteiger partial charge in [-0.15, -0.1) is 0 Å². The van der Waals surface area contributed by atoms with E-state index < -0.39 is 11.9 Å². The van der Waals surface area contributed by atoms with E-state index >= 15 is 0 Å². The van der Waals surface area contributed by atoms with Crippen LogP contribution in [0.3, 0.4) is 0 Å². The Kier molecular flexibility index (Phi) is 6.71. The summed E-state index contributed by atoms with van der Waals surface area (Å²) < 4.78 is 9.20. The number of hydrogen-bond acceptors (Lipinski definition) is 6. The van der Waals surface area contributed by atoms with Gasteiger partial charge in [-0.05, 0) is 31.2 Å². The Morgan fingerprint density at radius 1 is 0.889 bits per heavy atom. The van der Waals surface area contributed by atoms with Crippen LogP contribution in [-0.2, 0) is 19.1 Å². The van der Waals surface area contributed by atoms with E-state index in [9.17, 15) is 14.4 Å². The van der Waals surface area contributed by atoms with Crippen molar-refractivity contribution in [2.45, 2.75) is 6.92 Å². The van der Waals surface area contributed by atoms with E-state index in [0.29, 0.717) is 11.4 Å². The molecule has 1 amide bonds. The van der Waals surface area contributed by atoms with Crippen molar-refractivity contribution in [3.63, 3.8) is 0 Å². The number of para-hydroxylation sites is 1. The first-order valence-electron chi connectivity index (χ1n) is 8.06. The second-order valence-corrected chi connectivity index (χ2v) is 5.56. The number of aryl methyl sites for hydroxylation is 1.